The highest BCUT2D eigenvalue weighted by atomic mass is 32.2. The quantitative estimate of drug-likeness (QED) is 0.541. The molecule has 0 atom stereocenters. The Bertz CT molecular complexity index is 1190. The second-order valence-corrected chi connectivity index (χ2v) is 9.38. The molecule has 1 fully saturated rings. The molecule has 0 saturated carbocycles. The van der Waals surface area contributed by atoms with Crippen molar-refractivity contribution in [3.63, 3.8) is 0 Å². The third-order valence-corrected chi connectivity index (χ3v) is 7.26. The fourth-order valence-electron chi connectivity index (χ4n) is 3.50. The van der Waals surface area contributed by atoms with Gasteiger partial charge in [-0.15, -0.1) is 0 Å². The lowest BCUT2D eigenvalue weighted by molar-refractivity contribution is 0.180. The zero-order chi connectivity index (χ0) is 22.0. The molecule has 4 heterocycles. The van der Waals surface area contributed by atoms with Crippen molar-refractivity contribution in [1.82, 2.24) is 33.5 Å². The minimum absolute atomic E-state index is 0.0876. The number of rotatable bonds is 6. The molecule has 0 aliphatic carbocycles. The van der Waals surface area contributed by atoms with Crippen LogP contribution in [-0.2, 0) is 23.6 Å². The van der Waals surface area contributed by atoms with Gasteiger partial charge in [0, 0.05) is 70.0 Å². The van der Waals surface area contributed by atoms with E-state index < -0.39 is 10.0 Å². The molecule has 3 aromatic rings. The first-order valence-corrected chi connectivity index (χ1v) is 11.5. The van der Waals surface area contributed by atoms with Gasteiger partial charge in [0.05, 0.1) is 12.2 Å². The van der Waals surface area contributed by atoms with E-state index in [9.17, 15) is 13.2 Å². The van der Waals surface area contributed by atoms with E-state index in [-0.39, 0.29) is 10.6 Å². The number of aryl methyl sites for hydroxylation is 2. The van der Waals surface area contributed by atoms with E-state index in [1.165, 1.54) is 15.1 Å². The van der Waals surface area contributed by atoms with E-state index >= 15 is 0 Å². The Morgan fingerprint density at radius 3 is 2.35 bits per heavy atom. The van der Waals surface area contributed by atoms with Gasteiger partial charge in [0.25, 0.3) is 15.6 Å². The number of piperazine rings is 1. The van der Waals surface area contributed by atoms with Crippen molar-refractivity contribution < 1.29 is 8.42 Å². The molecule has 0 bridgehead atoms. The van der Waals surface area contributed by atoms with Gasteiger partial charge in [0.15, 0.2) is 5.03 Å². The van der Waals surface area contributed by atoms with Crippen molar-refractivity contribution in [2.45, 2.75) is 18.5 Å². The average Bonchev–Trinajstić information content (AvgIpc) is 3.13. The second-order valence-electron chi connectivity index (χ2n) is 7.50. The van der Waals surface area contributed by atoms with Gasteiger partial charge < -0.3 is 4.57 Å². The number of aromatic nitrogens is 5. The molecular formula is C20H25N7O3S. The molecule has 10 nitrogen and oxygen atoms in total. The van der Waals surface area contributed by atoms with Crippen LogP contribution in [0.5, 0.6) is 0 Å². The van der Waals surface area contributed by atoms with Gasteiger partial charge in [-0.3, -0.25) is 14.7 Å². The number of hydrogen-bond acceptors (Lipinski definition) is 7. The van der Waals surface area contributed by atoms with E-state index in [4.69, 9.17) is 0 Å². The number of pyridine rings is 1. The fraction of sp³-hybridized carbons (Fsp3) is 0.400. The average molecular weight is 444 g/mol. The Morgan fingerprint density at radius 2 is 1.71 bits per heavy atom. The first-order valence-electron chi connectivity index (χ1n) is 10.1. The minimum Gasteiger partial charge on any atom is -0.337 e. The third kappa shape index (κ3) is 4.58. The van der Waals surface area contributed by atoms with Crippen molar-refractivity contribution in [3.8, 4) is 11.3 Å². The maximum absolute atomic E-state index is 12.8. The highest BCUT2D eigenvalue weighted by molar-refractivity contribution is 7.89. The lowest BCUT2D eigenvalue weighted by Crippen LogP contribution is -2.49. The molecule has 0 aromatic carbocycles. The van der Waals surface area contributed by atoms with Gasteiger partial charge in [0.1, 0.15) is 5.82 Å². The molecule has 1 aliphatic rings. The summed E-state index contributed by atoms with van der Waals surface area (Å²) < 4.78 is 30.3. The van der Waals surface area contributed by atoms with Crippen LogP contribution in [0.25, 0.3) is 11.3 Å². The summed E-state index contributed by atoms with van der Waals surface area (Å²) in [6, 6.07) is 6.92. The summed E-state index contributed by atoms with van der Waals surface area (Å²) in [5.74, 6) is 0.657. The van der Waals surface area contributed by atoms with Crippen molar-refractivity contribution in [3.05, 3.63) is 59.0 Å². The molecule has 0 unspecified atom stereocenters. The SMILES string of the molecule is Cc1nc(S(=O)(=O)N2CCN(CCn3nc(-c4ccncc4)ccc3=O)CC2)cn1C. The molecule has 0 N–H and O–H groups in total. The van der Waals surface area contributed by atoms with Crippen LogP contribution in [0.3, 0.4) is 0 Å². The highest BCUT2D eigenvalue weighted by Crippen LogP contribution is 2.17. The van der Waals surface area contributed by atoms with Crippen molar-refractivity contribution >= 4 is 10.0 Å². The van der Waals surface area contributed by atoms with Crippen LogP contribution in [0.2, 0.25) is 0 Å². The van der Waals surface area contributed by atoms with Crippen LogP contribution in [-0.4, -0.2) is 74.7 Å². The van der Waals surface area contributed by atoms with E-state index in [1.807, 2.05) is 12.1 Å². The van der Waals surface area contributed by atoms with E-state index in [1.54, 1.807) is 43.2 Å². The molecule has 0 amide bonds. The van der Waals surface area contributed by atoms with Crippen LogP contribution < -0.4 is 5.56 Å². The number of sulfonamides is 1. The second kappa shape index (κ2) is 8.69. The number of hydrogen-bond donors (Lipinski definition) is 0. The largest absolute Gasteiger partial charge is 0.337 e. The lowest BCUT2D eigenvalue weighted by atomic mass is 10.2. The van der Waals surface area contributed by atoms with Crippen molar-refractivity contribution in [2.24, 2.45) is 7.05 Å². The van der Waals surface area contributed by atoms with Gasteiger partial charge in [-0.2, -0.15) is 9.40 Å². The van der Waals surface area contributed by atoms with Gasteiger partial charge in [-0.05, 0) is 25.1 Å². The number of nitrogens with zero attached hydrogens (tertiary/aromatic N) is 7. The molecule has 3 aromatic heterocycles. The molecule has 0 radical (unpaired) electrons. The van der Waals surface area contributed by atoms with E-state index in [0.29, 0.717) is 50.8 Å². The van der Waals surface area contributed by atoms with E-state index in [0.717, 1.165) is 5.56 Å². The first-order chi connectivity index (χ1) is 14.8. The van der Waals surface area contributed by atoms with Crippen LogP contribution in [0.1, 0.15) is 5.82 Å². The fourth-order valence-corrected chi connectivity index (χ4v) is 4.95. The summed E-state index contributed by atoms with van der Waals surface area (Å²) in [7, 11) is -1.82. The number of imidazole rings is 1. The summed E-state index contributed by atoms with van der Waals surface area (Å²) in [6.45, 7) is 4.77. The van der Waals surface area contributed by atoms with Gasteiger partial charge in [-0.1, -0.05) is 0 Å². The molecule has 11 heteroatoms. The Morgan fingerprint density at radius 1 is 1.00 bits per heavy atom. The molecule has 1 saturated heterocycles. The summed E-state index contributed by atoms with van der Waals surface area (Å²) in [5, 5.41) is 4.55. The zero-order valence-corrected chi connectivity index (χ0v) is 18.4. The maximum atomic E-state index is 12.8. The summed E-state index contributed by atoms with van der Waals surface area (Å²) in [5.41, 5.74) is 1.44. The monoisotopic (exact) mass is 443 g/mol. The zero-order valence-electron chi connectivity index (χ0n) is 17.5. The van der Waals surface area contributed by atoms with Crippen LogP contribution in [0.15, 0.2) is 52.7 Å². The minimum atomic E-state index is -3.60. The maximum Gasteiger partial charge on any atom is 0.266 e. The Labute approximate surface area is 180 Å². The summed E-state index contributed by atoms with van der Waals surface area (Å²) >= 11 is 0. The van der Waals surface area contributed by atoms with Crippen LogP contribution >= 0.6 is 0 Å². The third-order valence-electron chi connectivity index (χ3n) is 5.49. The molecule has 0 spiro atoms. The molecule has 1 aliphatic heterocycles. The molecule has 4 rings (SSSR count). The van der Waals surface area contributed by atoms with Crippen LogP contribution in [0, 0.1) is 6.92 Å². The summed E-state index contributed by atoms with van der Waals surface area (Å²) in [6.07, 6.45) is 4.92. The Hall–Kier alpha value is -2.89. The first kappa shape index (κ1) is 21.3. The Kier molecular flexibility index (Phi) is 5.99. The Balaban J connectivity index is 1.37. The molecule has 31 heavy (non-hydrogen) atoms. The lowest BCUT2D eigenvalue weighted by Gasteiger charge is -2.33. The topological polar surface area (TPSA) is 106 Å². The van der Waals surface area contributed by atoms with Gasteiger partial charge in [0.2, 0.25) is 0 Å². The van der Waals surface area contributed by atoms with Crippen molar-refractivity contribution in [2.75, 3.05) is 32.7 Å². The molecule has 164 valence electrons. The van der Waals surface area contributed by atoms with Crippen molar-refractivity contribution in [1.29, 1.82) is 0 Å². The van der Waals surface area contributed by atoms with Crippen LogP contribution in [0.4, 0.5) is 0 Å². The summed E-state index contributed by atoms with van der Waals surface area (Å²) in [4.78, 5) is 22.5. The standard InChI is InChI=1S/C20H25N7O3S/c1-16-22-19(15-24(16)2)31(29,30)26-12-9-25(10-13-26)11-14-27-20(28)4-3-18(23-27)17-5-7-21-8-6-17/h3-8,15H,9-14H2,1-2H3. The highest BCUT2D eigenvalue weighted by Gasteiger charge is 2.30. The van der Waals surface area contributed by atoms with Gasteiger partial charge in [-0.25, -0.2) is 18.1 Å². The predicted molar refractivity (Wildman–Crippen MR) is 115 cm³/mol. The normalized spacial score (nSPS) is 15.9. The predicted octanol–water partition coefficient (Wildman–Crippen LogP) is 0.354. The smallest absolute Gasteiger partial charge is 0.266 e. The van der Waals surface area contributed by atoms with Gasteiger partial charge >= 0.3 is 0 Å². The van der Waals surface area contributed by atoms with E-state index in [2.05, 4.69) is 20.0 Å². The molecular weight excluding hydrogens is 418 g/mol.